The van der Waals surface area contributed by atoms with Crippen LogP contribution in [0.15, 0.2) is 4.90 Å². The first-order chi connectivity index (χ1) is 7.15. The van der Waals surface area contributed by atoms with Gasteiger partial charge in [-0.3, -0.25) is 0 Å². The van der Waals surface area contributed by atoms with Crippen LogP contribution in [0.3, 0.4) is 0 Å². The topological polar surface area (TPSA) is 0 Å². The third-order valence-corrected chi connectivity index (χ3v) is 4.62. The quantitative estimate of drug-likeness (QED) is 0.435. The molecule has 0 amide bonds. The zero-order valence-electron chi connectivity index (χ0n) is 7.55. The average molecular weight is 330 g/mol. The lowest BCUT2D eigenvalue weighted by Crippen LogP contribution is -2.00. The molecule has 0 saturated carbocycles. The van der Waals surface area contributed by atoms with Crippen LogP contribution < -0.4 is 0 Å². The molecule has 0 saturated heterocycles. The number of hydrogen-bond donors (Lipinski definition) is 0. The predicted octanol–water partition coefficient (Wildman–Crippen LogP) is 6.22. The number of benzene rings is 1. The first kappa shape index (κ1) is 14.6. The van der Waals surface area contributed by atoms with Crippen molar-refractivity contribution in [2.45, 2.75) is 17.3 Å². The molecule has 0 radical (unpaired) electrons. The summed E-state index contributed by atoms with van der Waals surface area (Å²) in [4.78, 5) is -0.378. The van der Waals surface area contributed by atoms with E-state index in [-0.39, 0.29) is 25.0 Å². The molecule has 1 rings (SSSR count). The molecular formula is C8H3Cl4F3S. The maximum absolute atomic E-state index is 12.2. The molecular weight excluding hydrogens is 327 g/mol. The van der Waals surface area contributed by atoms with Crippen molar-refractivity contribution < 1.29 is 13.2 Å². The monoisotopic (exact) mass is 328 g/mol. The van der Waals surface area contributed by atoms with Crippen molar-refractivity contribution >= 4 is 58.2 Å². The minimum absolute atomic E-state index is 0.0252. The molecule has 0 bridgehead atoms. The van der Waals surface area contributed by atoms with Gasteiger partial charge < -0.3 is 0 Å². The van der Waals surface area contributed by atoms with Crippen LogP contribution >= 0.6 is 58.2 Å². The van der Waals surface area contributed by atoms with Crippen molar-refractivity contribution in [1.82, 2.24) is 0 Å². The number of alkyl halides is 3. The summed E-state index contributed by atoms with van der Waals surface area (Å²) >= 11 is 22.4. The summed E-state index contributed by atoms with van der Waals surface area (Å²) in [6.07, 6.45) is 0. The Balaban J connectivity index is 3.40. The molecule has 90 valence electrons. The molecule has 1 aromatic rings. The summed E-state index contributed by atoms with van der Waals surface area (Å²) in [6.45, 7) is 1.52. The molecule has 0 aromatic heterocycles. The van der Waals surface area contributed by atoms with Crippen molar-refractivity contribution in [2.24, 2.45) is 0 Å². The summed E-state index contributed by atoms with van der Waals surface area (Å²) in [5.74, 6) is 0. The Morgan fingerprint density at radius 2 is 1.25 bits per heavy atom. The Labute approximate surface area is 114 Å². The lowest BCUT2D eigenvalue weighted by Gasteiger charge is -2.13. The van der Waals surface area contributed by atoms with Gasteiger partial charge in [0.2, 0.25) is 0 Å². The van der Waals surface area contributed by atoms with Gasteiger partial charge in [-0.15, -0.1) is 0 Å². The van der Waals surface area contributed by atoms with Gasteiger partial charge in [0, 0.05) is 0 Å². The predicted molar refractivity (Wildman–Crippen MR) is 63.1 cm³/mol. The number of hydrogen-bond acceptors (Lipinski definition) is 1. The molecule has 0 spiro atoms. The van der Waals surface area contributed by atoms with Crippen molar-refractivity contribution in [1.29, 1.82) is 0 Å². The van der Waals surface area contributed by atoms with E-state index in [2.05, 4.69) is 0 Å². The Morgan fingerprint density at radius 1 is 0.875 bits per heavy atom. The number of rotatable bonds is 1. The molecule has 0 unspecified atom stereocenters. The summed E-state index contributed by atoms with van der Waals surface area (Å²) in [6, 6.07) is 0. The number of halogens is 7. The fourth-order valence-electron chi connectivity index (χ4n) is 0.927. The summed E-state index contributed by atoms with van der Waals surface area (Å²) in [5, 5.41) is -0.530. The van der Waals surface area contributed by atoms with Gasteiger partial charge in [0.25, 0.3) is 0 Å². The van der Waals surface area contributed by atoms with Crippen molar-refractivity contribution in [2.75, 3.05) is 0 Å². The van der Waals surface area contributed by atoms with Gasteiger partial charge in [-0.2, -0.15) is 13.2 Å². The minimum atomic E-state index is -4.50. The van der Waals surface area contributed by atoms with E-state index in [1.807, 2.05) is 0 Å². The van der Waals surface area contributed by atoms with Gasteiger partial charge in [0.05, 0.1) is 25.0 Å². The lowest BCUT2D eigenvalue weighted by atomic mass is 10.2. The molecule has 16 heavy (non-hydrogen) atoms. The second-order valence-electron chi connectivity index (χ2n) is 2.76. The van der Waals surface area contributed by atoms with E-state index >= 15 is 0 Å². The zero-order valence-corrected chi connectivity index (χ0v) is 11.4. The second-order valence-corrected chi connectivity index (χ2v) is 5.34. The van der Waals surface area contributed by atoms with Crippen LogP contribution in [0.4, 0.5) is 13.2 Å². The highest BCUT2D eigenvalue weighted by Gasteiger charge is 2.33. The highest BCUT2D eigenvalue weighted by atomic mass is 35.5. The zero-order chi connectivity index (χ0) is 12.7. The molecule has 0 aliphatic rings. The summed E-state index contributed by atoms with van der Waals surface area (Å²) < 4.78 is 36.7. The molecule has 0 fully saturated rings. The van der Waals surface area contributed by atoms with Gasteiger partial charge in [-0.05, 0) is 24.2 Å². The Kier molecular flexibility index (Phi) is 4.58. The largest absolute Gasteiger partial charge is 0.446 e. The summed E-state index contributed by atoms with van der Waals surface area (Å²) in [5.41, 5.74) is -4.15. The van der Waals surface area contributed by atoms with E-state index in [4.69, 9.17) is 46.4 Å². The highest BCUT2D eigenvalue weighted by molar-refractivity contribution is 8.00. The van der Waals surface area contributed by atoms with Crippen molar-refractivity contribution in [3.8, 4) is 0 Å². The molecule has 8 heteroatoms. The molecule has 0 aliphatic heterocycles. The van der Waals surface area contributed by atoms with Crippen LogP contribution in [0, 0.1) is 6.92 Å². The Morgan fingerprint density at radius 3 is 1.56 bits per heavy atom. The first-order valence-corrected chi connectivity index (χ1v) is 6.06. The van der Waals surface area contributed by atoms with Gasteiger partial charge in [-0.1, -0.05) is 46.4 Å². The molecule has 0 atom stereocenters. The third-order valence-electron chi connectivity index (χ3n) is 1.66. The van der Waals surface area contributed by atoms with E-state index < -0.39 is 17.3 Å². The second kappa shape index (κ2) is 5.02. The van der Waals surface area contributed by atoms with Crippen LogP contribution in [0.2, 0.25) is 20.1 Å². The molecule has 0 N–H and O–H groups in total. The first-order valence-electron chi connectivity index (χ1n) is 3.73. The van der Waals surface area contributed by atoms with Crippen LogP contribution in [-0.2, 0) is 0 Å². The van der Waals surface area contributed by atoms with Gasteiger partial charge in [0.15, 0.2) is 0 Å². The smallest absolute Gasteiger partial charge is 0.160 e. The lowest BCUT2D eigenvalue weighted by molar-refractivity contribution is -0.0328. The van der Waals surface area contributed by atoms with E-state index in [0.717, 1.165) is 0 Å². The van der Waals surface area contributed by atoms with E-state index in [9.17, 15) is 13.2 Å². The van der Waals surface area contributed by atoms with Crippen LogP contribution in [0.5, 0.6) is 0 Å². The van der Waals surface area contributed by atoms with Gasteiger partial charge >= 0.3 is 5.51 Å². The van der Waals surface area contributed by atoms with Crippen molar-refractivity contribution in [3.63, 3.8) is 0 Å². The van der Waals surface area contributed by atoms with E-state index in [1.165, 1.54) is 6.92 Å². The SMILES string of the molecule is Cc1c(Cl)c(Cl)c(SC(F)(F)F)c(Cl)c1Cl. The standard InChI is InChI=1S/C8H3Cl4F3S/c1-2-3(9)5(11)7(6(12)4(2)10)16-8(13,14)15/h1H3. The third kappa shape index (κ3) is 3.05. The minimum Gasteiger partial charge on any atom is -0.160 e. The fraction of sp³-hybridized carbons (Fsp3) is 0.250. The molecule has 1 aromatic carbocycles. The summed E-state index contributed by atoms with van der Waals surface area (Å²) in [7, 11) is 0. The maximum Gasteiger partial charge on any atom is 0.446 e. The average Bonchev–Trinajstić information content (AvgIpc) is 2.17. The highest BCUT2D eigenvalue weighted by Crippen LogP contribution is 2.49. The Hall–Kier alpha value is 0.520. The van der Waals surface area contributed by atoms with E-state index in [0.29, 0.717) is 5.56 Å². The number of thioether (sulfide) groups is 1. The molecule has 0 heterocycles. The normalized spacial score (nSPS) is 12.0. The maximum atomic E-state index is 12.2. The van der Waals surface area contributed by atoms with Crippen LogP contribution in [-0.4, -0.2) is 5.51 Å². The van der Waals surface area contributed by atoms with Crippen LogP contribution in [0.25, 0.3) is 0 Å². The Bertz CT molecular complexity index is 401. The van der Waals surface area contributed by atoms with Crippen LogP contribution in [0.1, 0.15) is 5.56 Å². The fourth-order valence-corrected chi connectivity index (χ4v) is 2.83. The van der Waals surface area contributed by atoms with Crippen molar-refractivity contribution in [3.05, 3.63) is 25.7 Å². The van der Waals surface area contributed by atoms with Gasteiger partial charge in [-0.25, -0.2) is 0 Å². The molecule has 0 nitrogen and oxygen atoms in total. The van der Waals surface area contributed by atoms with E-state index in [1.54, 1.807) is 0 Å². The molecule has 0 aliphatic carbocycles. The van der Waals surface area contributed by atoms with Gasteiger partial charge in [0.1, 0.15) is 0 Å².